The van der Waals surface area contributed by atoms with Gasteiger partial charge in [0.05, 0.1) is 0 Å². The summed E-state index contributed by atoms with van der Waals surface area (Å²) in [5.74, 6) is -0.170. The van der Waals surface area contributed by atoms with Crippen molar-refractivity contribution in [1.29, 1.82) is 0 Å². The molecule has 21 heavy (non-hydrogen) atoms. The molecule has 2 atom stereocenters. The Morgan fingerprint density at radius 2 is 1.71 bits per heavy atom. The van der Waals surface area contributed by atoms with Gasteiger partial charge >= 0.3 is 0 Å². The van der Waals surface area contributed by atoms with Gasteiger partial charge in [-0.15, -0.1) is 0 Å². The number of rotatable bonds is 5. The lowest BCUT2D eigenvalue weighted by Gasteiger charge is -2.31. The highest BCUT2D eigenvalue weighted by Crippen LogP contribution is 2.25. The molecule has 2 aromatic carbocycles. The van der Waals surface area contributed by atoms with Gasteiger partial charge < -0.3 is 5.73 Å². The maximum Gasteiger partial charge on any atom is 0.127 e. The first-order valence-corrected chi connectivity index (χ1v) is 7.25. The van der Waals surface area contributed by atoms with E-state index < -0.39 is 0 Å². The van der Waals surface area contributed by atoms with Crippen molar-refractivity contribution in [3.05, 3.63) is 71.0 Å². The van der Waals surface area contributed by atoms with Crippen molar-refractivity contribution in [2.45, 2.75) is 32.5 Å². The highest BCUT2D eigenvalue weighted by atomic mass is 19.1. The van der Waals surface area contributed by atoms with E-state index in [2.05, 4.69) is 36.1 Å². The molecule has 0 saturated heterocycles. The molecule has 0 saturated carbocycles. The number of hydrogen-bond acceptors (Lipinski definition) is 2. The molecule has 112 valence electrons. The molecule has 0 aliphatic heterocycles. The van der Waals surface area contributed by atoms with Crippen LogP contribution in [0.3, 0.4) is 0 Å². The molecule has 0 aliphatic rings. The summed E-state index contributed by atoms with van der Waals surface area (Å²) in [5.41, 5.74) is 9.24. The number of nitrogens with zero attached hydrogens (tertiary/aromatic N) is 1. The van der Waals surface area contributed by atoms with Crippen LogP contribution in [0, 0.1) is 12.7 Å². The lowest BCUT2D eigenvalue weighted by Crippen LogP contribution is -2.37. The van der Waals surface area contributed by atoms with Gasteiger partial charge in [-0.1, -0.05) is 48.0 Å². The second-order valence-corrected chi connectivity index (χ2v) is 5.72. The molecule has 2 nitrogen and oxygen atoms in total. The zero-order valence-electron chi connectivity index (χ0n) is 12.9. The van der Waals surface area contributed by atoms with E-state index in [1.54, 1.807) is 6.07 Å². The molecule has 2 aromatic rings. The molecule has 0 aliphatic carbocycles. The summed E-state index contributed by atoms with van der Waals surface area (Å²) in [5, 5.41) is 0. The first-order chi connectivity index (χ1) is 9.99. The minimum atomic E-state index is -0.170. The summed E-state index contributed by atoms with van der Waals surface area (Å²) < 4.78 is 13.8. The maximum absolute atomic E-state index is 13.8. The smallest absolute Gasteiger partial charge is 0.127 e. The molecular weight excluding hydrogens is 263 g/mol. The Morgan fingerprint density at radius 1 is 1.10 bits per heavy atom. The zero-order chi connectivity index (χ0) is 15.4. The highest BCUT2D eigenvalue weighted by Gasteiger charge is 2.21. The van der Waals surface area contributed by atoms with Crippen LogP contribution in [0.25, 0.3) is 0 Å². The standard InChI is InChI=1S/C18H23FN2/c1-13-8-10-15(11-9-13)18(14(2)20)21(3)12-16-6-4-5-7-17(16)19/h4-11,14,18H,12,20H2,1-3H3. The highest BCUT2D eigenvalue weighted by molar-refractivity contribution is 5.26. The molecule has 2 N–H and O–H groups in total. The van der Waals surface area contributed by atoms with Crippen LogP contribution in [-0.4, -0.2) is 18.0 Å². The number of likely N-dealkylation sites (N-methyl/N-ethyl adjacent to an activating group) is 1. The fraction of sp³-hybridized carbons (Fsp3) is 0.333. The predicted octanol–water partition coefficient (Wildman–Crippen LogP) is 3.65. The normalized spacial score (nSPS) is 14.2. The number of hydrogen-bond donors (Lipinski definition) is 1. The molecule has 0 radical (unpaired) electrons. The number of aryl methyl sites for hydroxylation is 1. The molecule has 0 aromatic heterocycles. The molecular formula is C18H23FN2. The van der Waals surface area contributed by atoms with Gasteiger partial charge in [0.15, 0.2) is 0 Å². The first kappa shape index (κ1) is 15.7. The van der Waals surface area contributed by atoms with E-state index in [0.29, 0.717) is 12.1 Å². The number of benzene rings is 2. The minimum Gasteiger partial charge on any atom is -0.326 e. The van der Waals surface area contributed by atoms with Crippen molar-refractivity contribution in [2.75, 3.05) is 7.05 Å². The van der Waals surface area contributed by atoms with Crippen molar-refractivity contribution < 1.29 is 4.39 Å². The van der Waals surface area contributed by atoms with Crippen molar-refractivity contribution in [3.8, 4) is 0 Å². The fourth-order valence-electron chi connectivity index (χ4n) is 2.72. The molecule has 0 bridgehead atoms. The predicted molar refractivity (Wildman–Crippen MR) is 85.4 cm³/mol. The van der Waals surface area contributed by atoms with Crippen LogP contribution in [-0.2, 0) is 6.54 Å². The van der Waals surface area contributed by atoms with Crippen LogP contribution in [0.5, 0.6) is 0 Å². The van der Waals surface area contributed by atoms with Crippen LogP contribution < -0.4 is 5.73 Å². The van der Waals surface area contributed by atoms with Crippen LogP contribution >= 0.6 is 0 Å². The Hall–Kier alpha value is -1.71. The first-order valence-electron chi connectivity index (χ1n) is 7.25. The SMILES string of the molecule is Cc1ccc(C(C(C)N)N(C)Cc2ccccc2F)cc1. The van der Waals surface area contributed by atoms with E-state index in [1.165, 1.54) is 11.6 Å². The second-order valence-electron chi connectivity index (χ2n) is 5.72. The Morgan fingerprint density at radius 3 is 2.29 bits per heavy atom. The van der Waals surface area contributed by atoms with E-state index >= 15 is 0 Å². The lowest BCUT2D eigenvalue weighted by molar-refractivity contribution is 0.208. The van der Waals surface area contributed by atoms with Crippen molar-refractivity contribution in [3.63, 3.8) is 0 Å². The molecule has 2 unspecified atom stereocenters. The Bertz CT molecular complexity index is 578. The maximum atomic E-state index is 13.8. The molecule has 0 spiro atoms. The van der Waals surface area contributed by atoms with E-state index in [0.717, 1.165) is 5.56 Å². The molecule has 3 heteroatoms. The summed E-state index contributed by atoms with van der Waals surface area (Å²) in [6.45, 7) is 4.59. The summed E-state index contributed by atoms with van der Waals surface area (Å²) >= 11 is 0. The third kappa shape index (κ3) is 3.90. The minimum absolute atomic E-state index is 0.0375. The lowest BCUT2D eigenvalue weighted by atomic mass is 9.98. The van der Waals surface area contributed by atoms with E-state index in [9.17, 15) is 4.39 Å². The topological polar surface area (TPSA) is 29.3 Å². The van der Waals surface area contributed by atoms with Gasteiger partial charge in [0, 0.05) is 24.2 Å². The Balaban J connectivity index is 2.22. The van der Waals surface area contributed by atoms with Gasteiger partial charge in [0.2, 0.25) is 0 Å². The second kappa shape index (κ2) is 6.83. The number of nitrogens with two attached hydrogens (primary N) is 1. The van der Waals surface area contributed by atoms with E-state index in [4.69, 9.17) is 5.73 Å². The van der Waals surface area contributed by atoms with Gasteiger partial charge in [0.25, 0.3) is 0 Å². The van der Waals surface area contributed by atoms with Gasteiger partial charge in [-0.2, -0.15) is 0 Å². The Kier molecular flexibility index (Phi) is 5.10. The van der Waals surface area contributed by atoms with Gasteiger partial charge in [-0.3, -0.25) is 4.90 Å². The van der Waals surface area contributed by atoms with Crippen LogP contribution in [0.4, 0.5) is 4.39 Å². The average molecular weight is 286 g/mol. The van der Waals surface area contributed by atoms with Gasteiger partial charge in [0.1, 0.15) is 5.82 Å². The summed E-state index contributed by atoms with van der Waals surface area (Å²) in [4.78, 5) is 2.10. The largest absolute Gasteiger partial charge is 0.326 e. The van der Waals surface area contributed by atoms with Crippen molar-refractivity contribution in [1.82, 2.24) is 4.90 Å². The van der Waals surface area contributed by atoms with Crippen LogP contribution in [0.15, 0.2) is 48.5 Å². The van der Waals surface area contributed by atoms with Gasteiger partial charge in [-0.25, -0.2) is 4.39 Å². The molecule has 0 amide bonds. The third-order valence-corrected chi connectivity index (χ3v) is 3.77. The number of halogens is 1. The molecule has 0 heterocycles. The van der Waals surface area contributed by atoms with E-state index in [-0.39, 0.29) is 17.9 Å². The quantitative estimate of drug-likeness (QED) is 0.909. The summed E-state index contributed by atoms with van der Waals surface area (Å²) in [6, 6.07) is 15.3. The fourth-order valence-corrected chi connectivity index (χ4v) is 2.72. The monoisotopic (exact) mass is 286 g/mol. The van der Waals surface area contributed by atoms with Gasteiger partial charge in [-0.05, 0) is 32.5 Å². The zero-order valence-corrected chi connectivity index (χ0v) is 12.9. The third-order valence-electron chi connectivity index (χ3n) is 3.77. The van der Waals surface area contributed by atoms with Crippen molar-refractivity contribution >= 4 is 0 Å². The average Bonchev–Trinajstić information content (AvgIpc) is 2.43. The summed E-state index contributed by atoms with van der Waals surface area (Å²) in [6.07, 6.45) is 0. The van der Waals surface area contributed by atoms with Crippen LogP contribution in [0.2, 0.25) is 0 Å². The van der Waals surface area contributed by atoms with Crippen molar-refractivity contribution in [2.24, 2.45) is 5.73 Å². The molecule has 0 fully saturated rings. The van der Waals surface area contributed by atoms with E-state index in [1.807, 2.05) is 26.1 Å². The summed E-state index contributed by atoms with van der Waals surface area (Å²) in [7, 11) is 1.99. The van der Waals surface area contributed by atoms with Crippen LogP contribution in [0.1, 0.15) is 29.7 Å². The molecule has 2 rings (SSSR count). The Labute approximate surface area is 126 Å².